The van der Waals surface area contributed by atoms with Gasteiger partial charge in [0.2, 0.25) is 0 Å². The van der Waals surface area contributed by atoms with Gasteiger partial charge in [-0.05, 0) is 36.8 Å². The van der Waals surface area contributed by atoms with E-state index >= 15 is 0 Å². The third-order valence-electron chi connectivity index (χ3n) is 2.40. The van der Waals surface area contributed by atoms with Gasteiger partial charge in [0.05, 0.1) is 6.10 Å². The lowest BCUT2D eigenvalue weighted by atomic mass is 10.1. The van der Waals surface area contributed by atoms with Gasteiger partial charge in [0.25, 0.3) is 0 Å². The molecule has 0 fully saturated rings. The van der Waals surface area contributed by atoms with E-state index in [4.69, 9.17) is 11.6 Å². The summed E-state index contributed by atoms with van der Waals surface area (Å²) in [5, 5.41) is 10.1. The molecule has 0 aliphatic heterocycles. The van der Waals surface area contributed by atoms with Crippen molar-refractivity contribution in [3.8, 4) is 0 Å². The summed E-state index contributed by atoms with van der Waals surface area (Å²) in [4.78, 5) is 2.25. The maximum absolute atomic E-state index is 9.49. The third kappa shape index (κ3) is 3.25. The minimum Gasteiger partial charge on any atom is -0.389 e. The average Bonchev–Trinajstić information content (AvgIpc) is 2.30. The normalized spacial score (nSPS) is 12.4. The molecule has 0 spiro atoms. The molecule has 0 saturated heterocycles. The Balaban J connectivity index is 2.21. The van der Waals surface area contributed by atoms with Crippen LogP contribution in [0.25, 0.3) is 0 Å². The molecule has 1 atom stereocenters. The molecular formula is C14H13ClOS. The highest BCUT2D eigenvalue weighted by Gasteiger charge is 2.07. The van der Waals surface area contributed by atoms with Gasteiger partial charge in [-0.15, -0.1) is 0 Å². The first kappa shape index (κ1) is 12.5. The van der Waals surface area contributed by atoms with Crippen molar-refractivity contribution >= 4 is 23.4 Å². The molecule has 0 aliphatic carbocycles. The van der Waals surface area contributed by atoms with Crippen molar-refractivity contribution in [1.29, 1.82) is 0 Å². The van der Waals surface area contributed by atoms with E-state index in [0.29, 0.717) is 5.02 Å². The summed E-state index contributed by atoms with van der Waals surface area (Å²) >= 11 is 7.77. The Morgan fingerprint density at radius 3 is 2.35 bits per heavy atom. The molecule has 1 unspecified atom stereocenters. The van der Waals surface area contributed by atoms with Crippen LogP contribution >= 0.6 is 23.4 Å². The molecule has 3 heteroatoms. The Bertz CT molecular complexity index is 497. The van der Waals surface area contributed by atoms with E-state index in [1.807, 2.05) is 36.4 Å². The van der Waals surface area contributed by atoms with Crippen molar-refractivity contribution in [2.75, 3.05) is 0 Å². The Morgan fingerprint density at radius 2 is 1.76 bits per heavy atom. The summed E-state index contributed by atoms with van der Waals surface area (Å²) in [5.41, 5.74) is 0.768. The van der Waals surface area contributed by atoms with Crippen LogP contribution in [0, 0.1) is 0 Å². The zero-order valence-electron chi connectivity index (χ0n) is 9.43. The molecule has 0 radical (unpaired) electrons. The summed E-state index contributed by atoms with van der Waals surface area (Å²) in [5.74, 6) is 0. The highest BCUT2D eigenvalue weighted by Crippen LogP contribution is 2.32. The summed E-state index contributed by atoms with van der Waals surface area (Å²) in [6.07, 6.45) is -0.529. The maximum Gasteiger partial charge on any atom is 0.0776 e. The first-order valence-corrected chi connectivity index (χ1v) is 6.56. The number of benzene rings is 2. The Morgan fingerprint density at radius 1 is 1.06 bits per heavy atom. The van der Waals surface area contributed by atoms with Gasteiger partial charge in [0.1, 0.15) is 0 Å². The molecule has 0 aromatic heterocycles. The molecule has 0 aliphatic rings. The van der Waals surface area contributed by atoms with E-state index in [1.165, 1.54) is 4.90 Å². The van der Waals surface area contributed by atoms with Gasteiger partial charge < -0.3 is 5.11 Å². The van der Waals surface area contributed by atoms with Gasteiger partial charge in [-0.2, -0.15) is 0 Å². The smallest absolute Gasteiger partial charge is 0.0776 e. The molecule has 2 aromatic carbocycles. The van der Waals surface area contributed by atoms with Crippen molar-refractivity contribution in [3.63, 3.8) is 0 Å². The number of hydrogen-bond donors (Lipinski definition) is 1. The highest BCUT2D eigenvalue weighted by atomic mass is 35.5. The molecule has 1 nitrogen and oxygen atoms in total. The number of hydrogen-bond acceptors (Lipinski definition) is 2. The fourth-order valence-corrected chi connectivity index (χ4v) is 2.82. The molecule has 0 heterocycles. The van der Waals surface area contributed by atoms with E-state index in [0.717, 1.165) is 10.5 Å². The molecule has 2 aromatic rings. The van der Waals surface area contributed by atoms with Crippen molar-refractivity contribution in [2.45, 2.75) is 22.8 Å². The predicted molar refractivity (Wildman–Crippen MR) is 72.7 cm³/mol. The van der Waals surface area contributed by atoms with Crippen LogP contribution in [0.15, 0.2) is 58.3 Å². The van der Waals surface area contributed by atoms with Gasteiger partial charge >= 0.3 is 0 Å². The van der Waals surface area contributed by atoms with Gasteiger partial charge in [-0.25, -0.2) is 0 Å². The molecule has 17 heavy (non-hydrogen) atoms. The SMILES string of the molecule is CC(O)c1ccc(Sc2ccccc2)cc1Cl. The summed E-state index contributed by atoms with van der Waals surface area (Å²) in [6, 6.07) is 15.9. The first-order chi connectivity index (χ1) is 8.16. The molecule has 0 amide bonds. The lowest BCUT2D eigenvalue weighted by Crippen LogP contribution is -1.91. The third-order valence-corrected chi connectivity index (χ3v) is 3.73. The molecule has 1 N–H and O–H groups in total. The van der Waals surface area contributed by atoms with Gasteiger partial charge in [0.15, 0.2) is 0 Å². The molecule has 88 valence electrons. The van der Waals surface area contributed by atoms with E-state index in [9.17, 15) is 5.11 Å². The minimum atomic E-state index is -0.529. The van der Waals surface area contributed by atoms with Crippen LogP contribution in [0.4, 0.5) is 0 Å². The second kappa shape index (κ2) is 5.58. The first-order valence-electron chi connectivity index (χ1n) is 5.37. The van der Waals surface area contributed by atoms with Crippen LogP contribution in [-0.4, -0.2) is 5.11 Å². The minimum absolute atomic E-state index is 0.529. The van der Waals surface area contributed by atoms with Gasteiger partial charge in [-0.3, -0.25) is 0 Å². The highest BCUT2D eigenvalue weighted by molar-refractivity contribution is 7.99. The number of aliphatic hydroxyl groups excluding tert-OH is 1. The topological polar surface area (TPSA) is 20.2 Å². The summed E-state index contributed by atoms with van der Waals surface area (Å²) in [7, 11) is 0. The largest absolute Gasteiger partial charge is 0.389 e. The maximum atomic E-state index is 9.49. The van der Waals surface area contributed by atoms with Crippen LogP contribution in [-0.2, 0) is 0 Å². The van der Waals surface area contributed by atoms with Crippen molar-refractivity contribution in [3.05, 3.63) is 59.1 Å². The van der Waals surface area contributed by atoms with Crippen molar-refractivity contribution in [2.24, 2.45) is 0 Å². The number of aliphatic hydroxyl groups is 1. The average molecular weight is 265 g/mol. The fourth-order valence-electron chi connectivity index (χ4n) is 1.53. The molecule has 0 bridgehead atoms. The summed E-state index contributed by atoms with van der Waals surface area (Å²) < 4.78 is 0. The Hall–Kier alpha value is -0.960. The van der Waals surface area contributed by atoms with E-state index < -0.39 is 6.10 Å². The number of rotatable bonds is 3. The monoisotopic (exact) mass is 264 g/mol. The van der Waals surface area contributed by atoms with Crippen molar-refractivity contribution < 1.29 is 5.11 Å². The van der Waals surface area contributed by atoms with Crippen LogP contribution in [0.2, 0.25) is 5.02 Å². The second-order valence-corrected chi connectivity index (χ2v) is 5.33. The Labute approximate surface area is 110 Å². The van der Waals surface area contributed by atoms with E-state index in [2.05, 4.69) is 12.1 Å². The second-order valence-electron chi connectivity index (χ2n) is 3.77. The number of halogens is 1. The fraction of sp³-hybridized carbons (Fsp3) is 0.143. The molecular weight excluding hydrogens is 252 g/mol. The van der Waals surface area contributed by atoms with E-state index in [-0.39, 0.29) is 0 Å². The Kier molecular flexibility index (Phi) is 4.11. The van der Waals surface area contributed by atoms with Gasteiger partial charge in [-0.1, -0.05) is 47.6 Å². The lowest BCUT2D eigenvalue weighted by molar-refractivity contribution is 0.199. The molecule has 0 saturated carbocycles. The van der Waals surface area contributed by atoms with E-state index in [1.54, 1.807) is 18.7 Å². The zero-order chi connectivity index (χ0) is 12.3. The quantitative estimate of drug-likeness (QED) is 0.878. The summed E-state index contributed by atoms with van der Waals surface area (Å²) in [6.45, 7) is 1.71. The zero-order valence-corrected chi connectivity index (χ0v) is 11.0. The van der Waals surface area contributed by atoms with Crippen molar-refractivity contribution in [1.82, 2.24) is 0 Å². The van der Waals surface area contributed by atoms with Crippen LogP contribution < -0.4 is 0 Å². The van der Waals surface area contributed by atoms with Crippen LogP contribution in [0.5, 0.6) is 0 Å². The lowest BCUT2D eigenvalue weighted by Gasteiger charge is -2.09. The standard InChI is InChI=1S/C14H13ClOS/c1-10(16)13-8-7-12(9-14(13)15)17-11-5-3-2-4-6-11/h2-10,16H,1H3. The van der Waals surface area contributed by atoms with Crippen LogP contribution in [0.3, 0.4) is 0 Å². The molecule has 2 rings (SSSR count). The van der Waals surface area contributed by atoms with Gasteiger partial charge in [0, 0.05) is 14.8 Å². The van der Waals surface area contributed by atoms with Crippen LogP contribution in [0.1, 0.15) is 18.6 Å². The predicted octanol–water partition coefficient (Wildman–Crippen LogP) is 4.54.